The summed E-state index contributed by atoms with van der Waals surface area (Å²) in [5, 5.41) is 3.66. The molecule has 0 saturated heterocycles. The maximum atomic E-state index is 14.6. The second kappa shape index (κ2) is 10.8. The lowest BCUT2D eigenvalue weighted by Crippen LogP contribution is -2.43. The molecule has 9 heteroatoms. The Morgan fingerprint density at radius 2 is 1.97 bits per heavy atom. The molecule has 1 N–H and O–H groups in total. The summed E-state index contributed by atoms with van der Waals surface area (Å²) in [6, 6.07) is 4.28. The fourth-order valence-electron chi connectivity index (χ4n) is 4.61. The topological polar surface area (TPSA) is 62.3 Å². The number of hydrogen-bond acceptors (Lipinski definition) is 5. The van der Waals surface area contributed by atoms with E-state index in [4.69, 9.17) is 0 Å². The van der Waals surface area contributed by atoms with E-state index in [1.54, 1.807) is 25.3 Å². The van der Waals surface area contributed by atoms with Crippen LogP contribution < -0.4 is 5.32 Å². The van der Waals surface area contributed by atoms with Crippen molar-refractivity contribution >= 4 is 23.0 Å². The lowest BCUT2D eigenvalue weighted by molar-refractivity contribution is -0.123. The average Bonchev–Trinajstić information content (AvgIpc) is 3.50. The molecule has 0 unspecified atom stereocenters. The van der Waals surface area contributed by atoms with Gasteiger partial charge in [0, 0.05) is 53.4 Å². The Morgan fingerprint density at radius 3 is 2.46 bits per heavy atom. The summed E-state index contributed by atoms with van der Waals surface area (Å²) in [6.45, 7) is 4.73. The molecule has 2 aromatic rings. The van der Waals surface area contributed by atoms with Crippen molar-refractivity contribution in [2.24, 2.45) is 5.41 Å². The van der Waals surface area contributed by atoms with Crippen LogP contribution in [0.5, 0.6) is 0 Å². The van der Waals surface area contributed by atoms with Gasteiger partial charge in [-0.3, -0.25) is 9.59 Å². The van der Waals surface area contributed by atoms with Crippen LogP contribution in [-0.2, 0) is 11.2 Å². The van der Waals surface area contributed by atoms with E-state index in [1.165, 1.54) is 17.4 Å². The number of ketones is 1. The second-order valence-electron chi connectivity index (χ2n) is 9.79. The lowest BCUT2D eigenvalue weighted by atomic mass is 9.80. The zero-order chi connectivity index (χ0) is 26.0. The number of aryl methyl sites for hydroxylation is 1. The fourth-order valence-corrected chi connectivity index (χ4v) is 5.61. The van der Waals surface area contributed by atoms with Crippen LogP contribution in [0.2, 0.25) is 0 Å². The number of carbonyl (C=O) groups excluding carboxylic acids is 2. The molecule has 192 valence electrons. The van der Waals surface area contributed by atoms with Crippen molar-refractivity contribution in [1.29, 1.82) is 0 Å². The van der Waals surface area contributed by atoms with Gasteiger partial charge < -0.3 is 10.2 Å². The predicted octanol–water partition coefficient (Wildman–Crippen LogP) is 5.38. The molecular formula is C26H34F3N3O2S. The number of carbonyl (C=O) groups is 2. The first kappa shape index (κ1) is 27.3. The monoisotopic (exact) mass is 509 g/mol. The molecule has 0 radical (unpaired) electrons. The summed E-state index contributed by atoms with van der Waals surface area (Å²) in [5.41, 5.74) is -0.425. The van der Waals surface area contributed by atoms with Crippen molar-refractivity contribution in [1.82, 2.24) is 15.2 Å². The first-order valence-electron chi connectivity index (χ1n) is 11.9. The molecule has 5 nitrogen and oxygen atoms in total. The molecule has 1 aliphatic carbocycles. The van der Waals surface area contributed by atoms with Crippen molar-refractivity contribution in [3.8, 4) is 0 Å². The van der Waals surface area contributed by atoms with Crippen LogP contribution in [0.4, 0.5) is 13.2 Å². The number of nitrogens with zero attached hydrogens (tertiary/aromatic N) is 2. The highest BCUT2D eigenvalue weighted by Gasteiger charge is 2.64. The quantitative estimate of drug-likeness (QED) is 0.390. The maximum Gasteiger partial charge on any atom is 0.251 e. The maximum absolute atomic E-state index is 14.6. The van der Waals surface area contributed by atoms with Gasteiger partial charge in [0.1, 0.15) is 5.82 Å². The summed E-state index contributed by atoms with van der Waals surface area (Å²) in [6.07, 6.45) is 2.95. The molecule has 1 aromatic heterocycles. The summed E-state index contributed by atoms with van der Waals surface area (Å²) in [7, 11) is 3.67. The number of alkyl halides is 2. The van der Waals surface area contributed by atoms with Crippen molar-refractivity contribution in [2.45, 2.75) is 70.8 Å². The molecule has 1 heterocycles. The van der Waals surface area contributed by atoms with Gasteiger partial charge in [-0.15, -0.1) is 11.3 Å². The first-order valence-corrected chi connectivity index (χ1v) is 12.7. The van der Waals surface area contributed by atoms with Gasteiger partial charge in [0.05, 0.1) is 5.01 Å². The van der Waals surface area contributed by atoms with Gasteiger partial charge in [-0.1, -0.05) is 19.1 Å². The minimum absolute atomic E-state index is 0.0482. The highest BCUT2D eigenvalue weighted by Crippen LogP contribution is 2.65. The molecule has 1 aliphatic rings. The normalized spacial score (nSPS) is 16.7. The van der Waals surface area contributed by atoms with Gasteiger partial charge in [-0.25, -0.2) is 18.2 Å². The Bertz CT molecular complexity index is 1060. The molecule has 1 amide bonds. The highest BCUT2D eigenvalue weighted by molar-refractivity contribution is 7.11. The molecule has 35 heavy (non-hydrogen) atoms. The number of amides is 1. The zero-order valence-corrected chi connectivity index (χ0v) is 21.8. The largest absolute Gasteiger partial charge is 0.355 e. The molecule has 2 atom stereocenters. The van der Waals surface area contributed by atoms with E-state index in [2.05, 4.69) is 10.3 Å². The number of nitrogens with one attached hydrogen (secondary N) is 1. The minimum atomic E-state index is -2.90. The van der Waals surface area contributed by atoms with E-state index in [9.17, 15) is 22.8 Å². The van der Waals surface area contributed by atoms with E-state index < -0.39 is 23.1 Å². The van der Waals surface area contributed by atoms with Crippen LogP contribution >= 0.6 is 11.3 Å². The van der Waals surface area contributed by atoms with Gasteiger partial charge in [-0.2, -0.15) is 0 Å². The van der Waals surface area contributed by atoms with Gasteiger partial charge in [-0.05, 0) is 58.8 Å². The van der Waals surface area contributed by atoms with Crippen LogP contribution in [0.3, 0.4) is 0 Å². The number of benzene rings is 1. The molecule has 0 aliphatic heterocycles. The average molecular weight is 510 g/mol. The van der Waals surface area contributed by atoms with Gasteiger partial charge in [0.2, 0.25) is 5.91 Å². The number of aromatic nitrogens is 1. The standard InChI is InChI=1S/C26H34F3N3O2S/c1-6-22(33)18-8-7-17(21(27)12-18)11-19(32(4)5)14-31-24(34)13-20(23-15-30-16(2)35-23)26(9-10-26)25(3,28)29/h7-8,12,15,19-20H,6,9-11,13-14H2,1-5H3,(H,31,34)/t19-,20-/m0/s1. The van der Waals surface area contributed by atoms with E-state index in [0.29, 0.717) is 41.7 Å². The Labute approximate surface area is 209 Å². The highest BCUT2D eigenvalue weighted by atomic mass is 32.1. The minimum Gasteiger partial charge on any atom is -0.355 e. The van der Waals surface area contributed by atoms with E-state index in [1.807, 2.05) is 25.9 Å². The SMILES string of the molecule is CCC(=O)c1ccc(C[C@@H](CNC(=O)C[C@@H](c2cnc(C)s2)C2(C(C)(F)F)CC2)N(C)C)c(F)c1. The number of likely N-dealkylation sites (N-methyl/N-ethyl adjacent to an activating group) is 1. The van der Waals surface area contributed by atoms with Crippen LogP contribution in [0, 0.1) is 18.2 Å². The molecule has 1 saturated carbocycles. The van der Waals surface area contributed by atoms with Crippen LogP contribution in [-0.4, -0.2) is 54.2 Å². The van der Waals surface area contributed by atoms with Crippen molar-refractivity contribution in [3.63, 3.8) is 0 Å². The summed E-state index contributed by atoms with van der Waals surface area (Å²) >= 11 is 1.36. The number of thiazole rings is 1. The van der Waals surface area contributed by atoms with Crippen molar-refractivity contribution < 1.29 is 22.8 Å². The Hall–Kier alpha value is -2.26. The smallest absolute Gasteiger partial charge is 0.251 e. The number of Topliss-reactive ketones (excluding diaryl/α,β-unsaturated/α-hetero) is 1. The van der Waals surface area contributed by atoms with Crippen molar-refractivity contribution in [2.75, 3.05) is 20.6 Å². The summed E-state index contributed by atoms with van der Waals surface area (Å²) in [5.74, 6) is -4.39. The van der Waals surface area contributed by atoms with Gasteiger partial charge >= 0.3 is 0 Å². The molecule has 0 spiro atoms. The number of rotatable bonds is 12. The third-order valence-electron chi connectivity index (χ3n) is 7.12. The number of halogens is 3. The van der Waals surface area contributed by atoms with E-state index in [0.717, 1.165) is 11.9 Å². The van der Waals surface area contributed by atoms with E-state index in [-0.39, 0.29) is 30.7 Å². The summed E-state index contributed by atoms with van der Waals surface area (Å²) in [4.78, 5) is 31.6. The van der Waals surface area contributed by atoms with Crippen LogP contribution in [0.25, 0.3) is 0 Å². The Kier molecular flexibility index (Phi) is 8.42. The molecule has 0 bridgehead atoms. The predicted molar refractivity (Wildman–Crippen MR) is 132 cm³/mol. The molecule has 1 fully saturated rings. The summed E-state index contributed by atoms with van der Waals surface area (Å²) < 4.78 is 43.7. The van der Waals surface area contributed by atoms with Crippen LogP contribution in [0.1, 0.15) is 71.3 Å². The Balaban J connectivity index is 1.68. The molecule has 3 rings (SSSR count). The Morgan fingerprint density at radius 1 is 1.29 bits per heavy atom. The number of hydrogen-bond donors (Lipinski definition) is 1. The fraction of sp³-hybridized carbons (Fsp3) is 0.577. The van der Waals surface area contributed by atoms with Crippen LogP contribution in [0.15, 0.2) is 24.4 Å². The molecular weight excluding hydrogens is 475 g/mol. The van der Waals surface area contributed by atoms with Gasteiger partial charge in [0.25, 0.3) is 5.92 Å². The zero-order valence-electron chi connectivity index (χ0n) is 21.0. The first-order chi connectivity index (χ1) is 16.4. The van der Waals surface area contributed by atoms with Crippen molar-refractivity contribution in [3.05, 3.63) is 51.2 Å². The molecule has 1 aromatic carbocycles. The lowest BCUT2D eigenvalue weighted by Gasteiger charge is -2.31. The van der Waals surface area contributed by atoms with E-state index >= 15 is 0 Å². The third-order valence-corrected chi connectivity index (χ3v) is 8.15. The second-order valence-corrected chi connectivity index (χ2v) is 11.1. The van der Waals surface area contributed by atoms with Gasteiger partial charge in [0.15, 0.2) is 5.78 Å². The third kappa shape index (κ3) is 6.30.